The van der Waals surface area contributed by atoms with Crippen LogP contribution >= 0.6 is 46.0 Å². The van der Waals surface area contributed by atoms with E-state index in [1.54, 1.807) is 35.7 Å². The summed E-state index contributed by atoms with van der Waals surface area (Å²) in [6.45, 7) is 7.36. The Morgan fingerprint density at radius 2 is 1.50 bits per heavy atom. The number of carbonyl (C=O) groups is 4. The van der Waals surface area contributed by atoms with Crippen LogP contribution in [0.25, 0.3) is 15.9 Å². The maximum absolute atomic E-state index is 14.0. The van der Waals surface area contributed by atoms with Crippen molar-refractivity contribution in [3.05, 3.63) is 199 Å². The van der Waals surface area contributed by atoms with Gasteiger partial charge in [0.2, 0.25) is 5.91 Å². The number of nitrogens with zero attached hydrogens (tertiary/aromatic N) is 9. The molecule has 0 spiro atoms. The number of pyridine rings is 1. The lowest BCUT2D eigenvalue weighted by atomic mass is 9.99. The lowest BCUT2D eigenvalue weighted by molar-refractivity contribution is -0.121. The van der Waals surface area contributed by atoms with Gasteiger partial charge in [-0.3, -0.25) is 33.7 Å². The van der Waals surface area contributed by atoms with Crippen LogP contribution in [0.2, 0.25) is 5.02 Å². The first-order valence-corrected chi connectivity index (χ1v) is 29.9. The molecule has 428 valence electrons. The number of hydrogen-bond acceptors (Lipinski definition) is 17. The Labute approximate surface area is 502 Å². The number of para-hydroxylation sites is 1. The van der Waals surface area contributed by atoms with Crippen LogP contribution in [0, 0.1) is 20.8 Å². The first-order valence-electron chi connectivity index (χ1n) is 27.0. The van der Waals surface area contributed by atoms with E-state index in [1.165, 1.54) is 17.5 Å². The molecule has 0 fully saturated rings. The lowest BCUT2D eigenvalue weighted by Crippen LogP contribution is -2.31. The molecule has 3 amide bonds. The summed E-state index contributed by atoms with van der Waals surface area (Å²) in [5.41, 5.74) is 8.83. The molecule has 5 aromatic carbocycles. The van der Waals surface area contributed by atoms with E-state index in [4.69, 9.17) is 26.1 Å². The van der Waals surface area contributed by atoms with Crippen molar-refractivity contribution in [1.29, 1.82) is 0 Å². The van der Waals surface area contributed by atoms with E-state index in [2.05, 4.69) is 60.2 Å². The molecule has 3 N–H and O–H groups in total. The number of carbonyl (C=O) groups excluding carboxylic acids is 4. The Morgan fingerprint density at radius 3 is 2.24 bits per heavy atom. The fraction of sp³-hybridized carbons (Fsp3) is 0.242. The van der Waals surface area contributed by atoms with Crippen LogP contribution in [0.1, 0.15) is 82.5 Å². The summed E-state index contributed by atoms with van der Waals surface area (Å²) in [5, 5.41) is 31.1. The molecule has 1 aliphatic heterocycles. The van der Waals surface area contributed by atoms with Gasteiger partial charge in [0, 0.05) is 112 Å². The third kappa shape index (κ3) is 14.5. The first-order chi connectivity index (χ1) is 40.7. The maximum atomic E-state index is 14.0. The standard InChI is InChI=1S/C62H59ClN12O6S3/c1-37-38(2)83-62-56(37)58(41-12-14-46(63)15-13-41)69-50(59-73-70-39(3)75(59)62)34-53(76)64-24-27-80-28-25-67-60(78)44-30-43-31-45(61(79)66-23-22-54-65-26-29-82-54)35-68-57(43)52(32-44)84-55(77)33-42-8-6-7-9-51(42)81-36-40-10-16-47(17-11-40)71-72-48-18-20-49(21-19-48)74(4)5/h6-21,26,29-32,35,50H,22-25,27-28,33-34,36H2,1-5H3,(H,64,76)(H,66,79)(H,67,78)/t50-/m0/s1. The molecule has 1 atom stereocenters. The van der Waals surface area contributed by atoms with Crippen LogP contribution in [0.15, 0.2) is 153 Å². The average Bonchev–Trinajstić information content (AvgIpc) is 4.22. The molecule has 22 heteroatoms. The maximum Gasteiger partial charge on any atom is 0.252 e. The molecule has 5 heterocycles. The number of aromatic nitrogens is 5. The van der Waals surface area contributed by atoms with Gasteiger partial charge in [0.1, 0.15) is 29.2 Å². The second kappa shape index (κ2) is 27.3. The highest BCUT2D eigenvalue weighted by atomic mass is 35.5. The summed E-state index contributed by atoms with van der Waals surface area (Å²) in [5.74, 6) is 0.836. The number of anilines is 1. The van der Waals surface area contributed by atoms with Crippen LogP contribution in [-0.4, -0.2) is 100 Å². The highest BCUT2D eigenvalue weighted by molar-refractivity contribution is 8.13. The van der Waals surface area contributed by atoms with Gasteiger partial charge in [-0.2, -0.15) is 10.2 Å². The predicted molar refractivity (Wildman–Crippen MR) is 331 cm³/mol. The molecular weight excluding hydrogens is 1140 g/mol. The number of benzene rings is 5. The van der Waals surface area contributed by atoms with Gasteiger partial charge in [-0.1, -0.05) is 54.1 Å². The summed E-state index contributed by atoms with van der Waals surface area (Å²) < 4.78 is 14.1. The van der Waals surface area contributed by atoms with E-state index >= 15 is 0 Å². The second-order valence-corrected chi connectivity index (χ2v) is 23.6. The minimum atomic E-state index is -0.626. The number of thiophene rings is 1. The van der Waals surface area contributed by atoms with Crippen molar-refractivity contribution in [2.45, 2.75) is 57.6 Å². The van der Waals surface area contributed by atoms with Gasteiger partial charge in [0.25, 0.3) is 11.8 Å². The zero-order chi connectivity index (χ0) is 58.7. The number of nitrogens with one attached hydrogen (secondary N) is 3. The second-order valence-electron chi connectivity index (χ2n) is 19.9. The first kappa shape index (κ1) is 58.7. The number of hydrogen-bond donors (Lipinski definition) is 3. The average molecular weight is 1200 g/mol. The number of aryl methyl sites for hydroxylation is 2. The van der Waals surface area contributed by atoms with E-state index in [9.17, 15) is 19.2 Å². The Balaban J connectivity index is 0.756. The summed E-state index contributed by atoms with van der Waals surface area (Å²) in [7, 11) is 3.97. The number of ether oxygens (including phenoxy) is 2. The van der Waals surface area contributed by atoms with Gasteiger partial charge in [0.05, 0.1) is 52.8 Å². The van der Waals surface area contributed by atoms with Crippen molar-refractivity contribution >= 4 is 103 Å². The van der Waals surface area contributed by atoms with Gasteiger partial charge in [-0.05, 0) is 116 Å². The largest absolute Gasteiger partial charge is 0.489 e. The number of amides is 3. The molecule has 4 aromatic heterocycles. The SMILES string of the molecule is Cc1sc2c(c1C)C(c1ccc(Cl)cc1)=N[C@@H](CC(=O)NCCOCCNC(=O)c1cc(SC(=O)Cc3ccccc3OCc3ccc(N=Nc4ccc(N(C)C)cc4)cc3)c3ncc(C(=O)NCCc4nccs4)cc3c1)c1nnc(C)n1-2. The predicted octanol–water partition coefficient (Wildman–Crippen LogP) is 11.7. The molecule has 10 rings (SSSR count). The van der Waals surface area contributed by atoms with Crippen LogP contribution in [0.5, 0.6) is 5.75 Å². The molecule has 0 radical (unpaired) electrons. The summed E-state index contributed by atoms with van der Waals surface area (Å²) in [6.07, 6.45) is 3.80. The smallest absolute Gasteiger partial charge is 0.252 e. The van der Waals surface area contributed by atoms with Crippen molar-refractivity contribution in [3.63, 3.8) is 0 Å². The van der Waals surface area contributed by atoms with Gasteiger partial charge in [-0.15, -0.1) is 32.9 Å². The molecule has 0 saturated heterocycles. The number of halogens is 1. The molecule has 9 aromatic rings. The summed E-state index contributed by atoms with van der Waals surface area (Å²) >= 11 is 10.4. The number of rotatable bonds is 23. The Kier molecular flexibility index (Phi) is 19.1. The molecule has 0 aliphatic carbocycles. The molecule has 0 unspecified atom stereocenters. The normalized spacial score (nSPS) is 12.8. The minimum absolute atomic E-state index is 0.0169. The van der Waals surface area contributed by atoms with Crippen molar-refractivity contribution in [2.75, 3.05) is 51.8 Å². The minimum Gasteiger partial charge on any atom is -0.489 e. The van der Waals surface area contributed by atoms with E-state index in [1.807, 2.05) is 133 Å². The van der Waals surface area contributed by atoms with Crippen molar-refractivity contribution < 1.29 is 28.7 Å². The van der Waals surface area contributed by atoms with Crippen molar-refractivity contribution in [3.8, 4) is 10.8 Å². The number of azo groups is 1. The van der Waals surface area contributed by atoms with Gasteiger partial charge >= 0.3 is 0 Å². The quantitative estimate of drug-likeness (QED) is 0.0309. The molecule has 0 saturated carbocycles. The summed E-state index contributed by atoms with van der Waals surface area (Å²) in [4.78, 5) is 72.6. The van der Waals surface area contributed by atoms with Crippen molar-refractivity contribution in [1.82, 2.24) is 40.7 Å². The Morgan fingerprint density at radius 1 is 0.798 bits per heavy atom. The van der Waals surface area contributed by atoms with Gasteiger partial charge in [0.15, 0.2) is 10.9 Å². The van der Waals surface area contributed by atoms with Crippen molar-refractivity contribution in [2.24, 2.45) is 15.2 Å². The highest BCUT2D eigenvalue weighted by Gasteiger charge is 2.32. The third-order valence-electron chi connectivity index (χ3n) is 13.7. The van der Waals surface area contributed by atoms with Crippen LogP contribution < -0.4 is 25.6 Å². The molecule has 84 heavy (non-hydrogen) atoms. The Hall–Kier alpha value is -8.47. The number of fused-ring (bicyclic) bond motifs is 4. The molecular formula is C62H59ClN12O6S3. The number of aliphatic imine (C=N–C) groups is 1. The Bertz CT molecular complexity index is 3900. The van der Waals surface area contributed by atoms with E-state index in [-0.39, 0.29) is 68.2 Å². The van der Waals surface area contributed by atoms with Crippen LogP contribution in [-0.2, 0) is 33.8 Å². The zero-order valence-electron chi connectivity index (χ0n) is 46.7. The molecule has 1 aliphatic rings. The topological polar surface area (TPSA) is 220 Å². The lowest BCUT2D eigenvalue weighted by Gasteiger charge is -2.13. The fourth-order valence-corrected chi connectivity index (χ4v) is 12.1. The van der Waals surface area contributed by atoms with E-state index < -0.39 is 11.9 Å². The molecule has 0 bridgehead atoms. The number of thioether (sulfide) groups is 1. The van der Waals surface area contributed by atoms with E-state index in [0.717, 1.165) is 66.0 Å². The third-order valence-corrected chi connectivity index (χ3v) is 16.9. The highest BCUT2D eigenvalue weighted by Crippen LogP contribution is 2.40. The summed E-state index contributed by atoms with van der Waals surface area (Å²) in [6, 6.07) is 34.6. The van der Waals surface area contributed by atoms with E-state index in [0.29, 0.717) is 68.0 Å². The fourth-order valence-electron chi connectivity index (χ4n) is 9.25. The van der Waals surface area contributed by atoms with Crippen LogP contribution in [0.3, 0.4) is 0 Å². The van der Waals surface area contributed by atoms with Gasteiger partial charge < -0.3 is 30.3 Å². The van der Waals surface area contributed by atoms with Gasteiger partial charge in [-0.25, -0.2) is 4.98 Å². The van der Waals surface area contributed by atoms with Crippen LogP contribution in [0.4, 0.5) is 17.1 Å². The zero-order valence-corrected chi connectivity index (χ0v) is 49.9. The monoisotopic (exact) mass is 1200 g/mol. The number of thiazole rings is 1. The molecule has 18 nitrogen and oxygen atoms in total.